The Balaban J connectivity index is 1.87. The predicted molar refractivity (Wildman–Crippen MR) is 107 cm³/mol. The summed E-state index contributed by atoms with van der Waals surface area (Å²) in [7, 11) is 1.55. The third-order valence-electron chi connectivity index (χ3n) is 4.61. The van der Waals surface area contributed by atoms with Crippen molar-refractivity contribution in [3.63, 3.8) is 0 Å². The number of benzene rings is 1. The topological polar surface area (TPSA) is 71.6 Å². The summed E-state index contributed by atoms with van der Waals surface area (Å²) in [5, 5.41) is 3.73. The molecule has 0 radical (unpaired) electrons. The van der Waals surface area contributed by atoms with Gasteiger partial charge in [-0.1, -0.05) is 26.7 Å². The SMILES string of the molecule is CCCOc1ccc(C(=O)NNC(=S)N[C@@H]2CCCC[C@H]2C)cc1OC. The number of methoxy groups -OCH3 is 1. The summed E-state index contributed by atoms with van der Waals surface area (Å²) in [6.07, 6.45) is 5.70. The van der Waals surface area contributed by atoms with E-state index in [4.69, 9.17) is 21.7 Å². The predicted octanol–water partition coefficient (Wildman–Crippen LogP) is 3.17. The standard InChI is InChI=1S/C19H29N3O3S/c1-4-11-25-16-10-9-14(12-17(16)24-3)18(23)21-22-19(26)20-15-8-6-5-7-13(15)2/h9-10,12-13,15H,4-8,11H2,1-3H3,(H,21,23)(H2,20,22,26)/t13-,15-/m1/s1. The fraction of sp³-hybridized carbons (Fsp3) is 0.579. The van der Waals surface area contributed by atoms with Crippen LogP contribution in [0.5, 0.6) is 11.5 Å². The van der Waals surface area contributed by atoms with Crippen LogP contribution in [0.15, 0.2) is 18.2 Å². The molecule has 144 valence electrons. The molecular weight excluding hydrogens is 350 g/mol. The average Bonchev–Trinajstić information content (AvgIpc) is 2.66. The monoisotopic (exact) mass is 379 g/mol. The van der Waals surface area contributed by atoms with Crippen LogP contribution in [0.4, 0.5) is 0 Å². The molecule has 1 aromatic rings. The van der Waals surface area contributed by atoms with Crippen molar-refractivity contribution in [1.29, 1.82) is 0 Å². The second-order valence-corrected chi connectivity index (χ2v) is 7.04. The van der Waals surface area contributed by atoms with Crippen molar-refractivity contribution in [1.82, 2.24) is 16.2 Å². The molecule has 0 spiro atoms. The molecule has 0 heterocycles. The number of hydrogen-bond donors (Lipinski definition) is 3. The van der Waals surface area contributed by atoms with E-state index in [-0.39, 0.29) is 5.91 Å². The van der Waals surface area contributed by atoms with Gasteiger partial charge in [0.15, 0.2) is 16.6 Å². The van der Waals surface area contributed by atoms with Crippen LogP contribution in [0, 0.1) is 5.92 Å². The molecule has 1 fully saturated rings. The van der Waals surface area contributed by atoms with E-state index in [1.54, 1.807) is 25.3 Å². The summed E-state index contributed by atoms with van der Waals surface area (Å²) >= 11 is 5.29. The Morgan fingerprint density at radius 1 is 1.23 bits per heavy atom. The Morgan fingerprint density at radius 2 is 2.00 bits per heavy atom. The second-order valence-electron chi connectivity index (χ2n) is 6.63. The van der Waals surface area contributed by atoms with Gasteiger partial charge in [0.05, 0.1) is 13.7 Å². The molecule has 0 aromatic heterocycles. The Hall–Kier alpha value is -2.02. The number of rotatable bonds is 6. The fourth-order valence-electron chi connectivity index (χ4n) is 3.06. The molecule has 1 aromatic carbocycles. The Labute approximate surface area is 161 Å². The van der Waals surface area contributed by atoms with Crippen molar-refractivity contribution in [3.8, 4) is 11.5 Å². The van der Waals surface area contributed by atoms with E-state index in [1.807, 2.05) is 6.92 Å². The lowest BCUT2D eigenvalue weighted by Crippen LogP contribution is -2.51. The number of carbonyl (C=O) groups is 1. The smallest absolute Gasteiger partial charge is 0.269 e. The molecule has 6 nitrogen and oxygen atoms in total. The Morgan fingerprint density at radius 3 is 2.69 bits per heavy atom. The number of thiocarbonyl (C=S) groups is 1. The quantitative estimate of drug-likeness (QED) is 0.521. The molecule has 0 saturated heterocycles. The van der Waals surface area contributed by atoms with E-state index >= 15 is 0 Å². The molecule has 1 amide bonds. The molecule has 7 heteroatoms. The van der Waals surface area contributed by atoms with Crippen LogP contribution in [0.25, 0.3) is 0 Å². The summed E-state index contributed by atoms with van der Waals surface area (Å²) < 4.78 is 10.9. The molecule has 26 heavy (non-hydrogen) atoms. The lowest BCUT2D eigenvalue weighted by molar-refractivity contribution is 0.0943. The Kier molecular flexibility index (Phi) is 7.97. The van der Waals surface area contributed by atoms with Crippen molar-refractivity contribution in [2.45, 2.75) is 52.0 Å². The van der Waals surface area contributed by atoms with Crippen LogP contribution in [-0.4, -0.2) is 30.8 Å². The molecule has 1 aliphatic carbocycles. The van der Waals surface area contributed by atoms with Gasteiger partial charge in [-0.05, 0) is 55.6 Å². The first-order chi connectivity index (χ1) is 12.5. The summed E-state index contributed by atoms with van der Waals surface area (Å²) in [4.78, 5) is 12.3. The molecule has 1 aliphatic rings. The Bertz CT molecular complexity index is 624. The zero-order chi connectivity index (χ0) is 18.9. The van der Waals surface area contributed by atoms with Crippen molar-refractivity contribution in [2.24, 2.45) is 5.92 Å². The summed E-state index contributed by atoms with van der Waals surface area (Å²) in [6.45, 7) is 4.86. The van der Waals surface area contributed by atoms with Gasteiger partial charge in [-0.2, -0.15) is 0 Å². The van der Waals surface area contributed by atoms with Gasteiger partial charge in [0, 0.05) is 11.6 Å². The van der Waals surface area contributed by atoms with Gasteiger partial charge in [0.1, 0.15) is 0 Å². The third kappa shape index (κ3) is 5.76. The highest BCUT2D eigenvalue weighted by molar-refractivity contribution is 7.80. The molecule has 3 N–H and O–H groups in total. The van der Waals surface area contributed by atoms with E-state index in [0.29, 0.717) is 40.7 Å². The lowest BCUT2D eigenvalue weighted by Gasteiger charge is -2.30. The van der Waals surface area contributed by atoms with Crippen LogP contribution >= 0.6 is 12.2 Å². The zero-order valence-corrected chi connectivity index (χ0v) is 16.6. The maximum absolute atomic E-state index is 12.3. The van der Waals surface area contributed by atoms with E-state index in [2.05, 4.69) is 23.1 Å². The first-order valence-electron chi connectivity index (χ1n) is 9.22. The van der Waals surface area contributed by atoms with Gasteiger partial charge < -0.3 is 14.8 Å². The first kappa shape index (κ1) is 20.3. The van der Waals surface area contributed by atoms with Gasteiger partial charge in [-0.3, -0.25) is 15.6 Å². The van der Waals surface area contributed by atoms with Crippen LogP contribution in [-0.2, 0) is 0 Å². The van der Waals surface area contributed by atoms with Gasteiger partial charge in [0.2, 0.25) is 0 Å². The van der Waals surface area contributed by atoms with Gasteiger partial charge in [0.25, 0.3) is 5.91 Å². The normalized spacial score (nSPS) is 19.3. The molecule has 1 saturated carbocycles. The summed E-state index contributed by atoms with van der Waals surface area (Å²) in [6, 6.07) is 5.45. The van der Waals surface area contributed by atoms with Crippen LogP contribution < -0.4 is 25.6 Å². The molecule has 0 bridgehead atoms. The van der Waals surface area contributed by atoms with Crippen molar-refractivity contribution in [2.75, 3.05) is 13.7 Å². The largest absolute Gasteiger partial charge is 0.493 e. The van der Waals surface area contributed by atoms with E-state index in [1.165, 1.54) is 19.3 Å². The third-order valence-corrected chi connectivity index (χ3v) is 4.82. The minimum absolute atomic E-state index is 0.286. The fourth-order valence-corrected chi connectivity index (χ4v) is 3.26. The maximum atomic E-state index is 12.3. The van der Waals surface area contributed by atoms with Crippen LogP contribution in [0.1, 0.15) is 56.3 Å². The lowest BCUT2D eigenvalue weighted by atomic mass is 9.86. The van der Waals surface area contributed by atoms with Crippen LogP contribution in [0.2, 0.25) is 0 Å². The summed E-state index contributed by atoms with van der Waals surface area (Å²) in [5.74, 6) is 1.45. The van der Waals surface area contributed by atoms with E-state index in [9.17, 15) is 4.79 Å². The number of ether oxygens (including phenoxy) is 2. The van der Waals surface area contributed by atoms with Gasteiger partial charge in [-0.15, -0.1) is 0 Å². The highest BCUT2D eigenvalue weighted by Gasteiger charge is 2.21. The molecule has 0 aliphatic heterocycles. The van der Waals surface area contributed by atoms with Crippen molar-refractivity contribution < 1.29 is 14.3 Å². The molecule has 2 atom stereocenters. The molecular formula is C19H29N3O3S. The number of nitrogens with one attached hydrogen (secondary N) is 3. The number of amides is 1. The number of hydrogen-bond acceptors (Lipinski definition) is 4. The first-order valence-corrected chi connectivity index (χ1v) is 9.63. The van der Waals surface area contributed by atoms with Gasteiger partial charge >= 0.3 is 0 Å². The van der Waals surface area contributed by atoms with Crippen molar-refractivity contribution in [3.05, 3.63) is 23.8 Å². The average molecular weight is 380 g/mol. The number of carbonyl (C=O) groups excluding carboxylic acids is 1. The highest BCUT2D eigenvalue weighted by atomic mass is 32.1. The van der Waals surface area contributed by atoms with E-state index < -0.39 is 0 Å². The minimum Gasteiger partial charge on any atom is -0.493 e. The maximum Gasteiger partial charge on any atom is 0.269 e. The molecule has 2 rings (SSSR count). The van der Waals surface area contributed by atoms with Crippen LogP contribution in [0.3, 0.4) is 0 Å². The van der Waals surface area contributed by atoms with Crippen molar-refractivity contribution >= 4 is 23.2 Å². The molecule has 0 unspecified atom stereocenters. The minimum atomic E-state index is -0.286. The van der Waals surface area contributed by atoms with Gasteiger partial charge in [-0.25, -0.2) is 0 Å². The summed E-state index contributed by atoms with van der Waals surface area (Å²) in [5.41, 5.74) is 5.88. The second kappa shape index (κ2) is 10.2. The zero-order valence-electron chi connectivity index (χ0n) is 15.8. The highest BCUT2D eigenvalue weighted by Crippen LogP contribution is 2.28. The number of hydrazine groups is 1. The van der Waals surface area contributed by atoms with E-state index in [0.717, 1.165) is 12.8 Å².